The largest absolute Gasteiger partial charge is 0.505 e. The van der Waals surface area contributed by atoms with Crippen LogP contribution in [-0.2, 0) is 0 Å². The van der Waals surface area contributed by atoms with Gasteiger partial charge in [-0.25, -0.2) is 8.78 Å². The van der Waals surface area contributed by atoms with Crippen LogP contribution < -0.4 is 4.74 Å². The number of benzene rings is 2. The van der Waals surface area contributed by atoms with Crippen LogP contribution in [0.25, 0.3) is 11.1 Å². The van der Waals surface area contributed by atoms with Gasteiger partial charge in [-0.05, 0) is 24.3 Å². The van der Waals surface area contributed by atoms with Gasteiger partial charge < -0.3 is 9.84 Å². The summed E-state index contributed by atoms with van der Waals surface area (Å²) in [5, 5.41) is 8.97. The second-order valence-corrected chi connectivity index (χ2v) is 3.70. The fourth-order valence-electron chi connectivity index (χ4n) is 1.64. The molecule has 2 aromatic carbocycles. The van der Waals surface area contributed by atoms with Crippen molar-refractivity contribution in [3.05, 3.63) is 47.5 Å². The monoisotopic (exact) mass is 272 g/mol. The molecule has 0 heterocycles. The third-order valence-electron chi connectivity index (χ3n) is 2.62. The van der Waals surface area contributed by atoms with Crippen LogP contribution in [0.4, 0.5) is 17.6 Å². The number of methoxy groups -OCH3 is 1. The highest BCUT2D eigenvalue weighted by Crippen LogP contribution is 2.33. The van der Waals surface area contributed by atoms with Crippen LogP contribution in [0.1, 0.15) is 0 Å². The molecule has 0 amide bonds. The summed E-state index contributed by atoms with van der Waals surface area (Å²) in [6.45, 7) is 0. The first kappa shape index (κ1) is 13.2. The molecule has 0 spiro atoms. The molecule has 2 aromatic rings. The minimum atomic E-state index is -1.52. The van der Waals surface area contributed by atoms with Crippen molar-refractivity contribution in [3.8, 4) is 22.6 Å². The van der Waals surface area contributed by atoms with E-state index in [-0.39, 0.29) is 5.75 Å². The van der Waals surface area contributed by atoms with Crippen LogP contribution in [0.5, 0.6) is 11.5 Å². The summed E-state index contributed by atoms with van der Waals surface area (Å²) in [7, 11) is 1.15. The topological polar surface area (TPSA) is 29.5 Å². The van der Waals surface area contributed by atoms with Gasteiger partial charge in [0, 0.05) is 11.1 Å². The molecule has 0 saturated heterocycles. The number of hydrogen-bond acceptors (Lipinski definition) is 2. The Labute approximate surface area is 105 Å². The van der Waals surface area contributed by atoms with E-state index in [1.54, 1.807) is 0 Å². The molecule has 0 saturated carbocycles. The minimum absolute atomic E-state index is 0.346. The highest BCUT2D eigenvalue weighted by molar-refractivity contribution is 5.67. The average Bonchev–Trinajstić information content (AvgIpc) is 2.40. The van der Waals surface area contributed by atoms with Crippen LogP contribution in [-0.4, -0.2) is 12.2 Å². The molecule has 2 nitrogen and oxygen atoms in total. The molecule has 0 radical (unpaired) electrons. The lowest BCUT2D eigenvalue weighted by Crippen LogP contribution is -1.97. The molecule has 0 unspecified atom stereocenters. The molecule has 0 aromatic heterocycles. The first-order valence-electron chi connectivity index (χ1n) is 5.16. The zero-order valence-corrected chi connectivity index (χ0v) is 9.68. The second kappa shape index (κ2) is 4.79. The standard InChI is InChI=1S/C13H8F4O2/c1-19-9-5-3-7(11(15)13(9)17)6-2-4-8(18)12(16)10(6)14/h2-5,18H,1H3. The molecule has 100 valence electrons. The summed E-state index contributed by atoms with van der Waals surface area (Å²) in [5.41, 5.74) is -0.955. The Kier molecular flexibility index (Phi) is 3.33. The molecule has 2 rings (SSSR count). The number of ether oxygens (including phenoxy) is 1. The normalized spacial score (nSPS) is 10.6. The summed E-state index contributed by atoms with van der Waals surface area (Å²) in [6.07, 6.45) is 0. The maximum absolute atomic E-state index is 13.7. The molecule has 0 aliphatic heterocycles. The summed E-state index contributed by atoms with van der Waals surface area (Å²) in [4.78, 5) is 0. The Morgan fingerprint density at radius 1 is 0.789 bits per heavy atom. The number of phenols is 1. The van der Waals surface area contributed by atoms with Crippen molar-refractivity contribution in [1.29, 1.82) is 0 Å². The number of phenolic OH excluding ortho intramolecular Hbond substituents is 1. The fourth-order valence-corrected chi connectivity index (χ4v) is 1.64. The average molecular weight is 272 g/mol. The van der Waals surface area contributed by atoms with Crippen molar-refractivity contribution >= 4 is 0 Å². The molecule has 0 aliphatic rings. The van der Waals surface area contributed by atoms with E-state index in [0.29, 0.717) is 0 Å². The lowest BCUT2D eigenvalue weighted by Gasteiger charge is -2.09. The van der Waals surface area contributed by atoms with Crippen LogP contribution >= 0.6 is 0 Å². The smallest absolute Gasteiger partial charge is 0.201 e. The Morgan fingerprint density at radius 2 is 1.32 bits per heavy atom. The van der Waals surface area contributed by atoms with Crippen molar-refractivity contribution in [1.82, 2.24) is 0 Å². The van der Waals surface area contributed by atoms with Crippen LogP contribution in [0.2, 0.25) is 0 Å². The van der Waals surface area contributed by atoms with E-state index in [1.165, 1.54) is 0 Å². The number of aromatic hydroxyl groups is 1. The van der Waals surface area contributed by atoms with E-state index in [4.69, 9.17) is 5.11 Å². The predicted molar refractivity (Wildman–Crippen MR) is 59.9 cm³/mol. The Morgan fingerprint density at radius 3 is 1.89 bits per heavy atom. The van der Waals surface area contributed by atoms with Crippen LogP contribution in [0, 0.1) is 23.3 Å². The van der Waals surface area contributed by atoms with Gasteiger partial charge in [0.05, 0.1) is 7.11 Å². The maximum atomic E-state index is 13.7. The van der Waals surface area contributed by atoms with Crippen molar-refractivity contribution in [2.75, 3.05) is 7.11 Å². The van der Waals surface area contributed by atoms with Crippen molar-refractivity contribution in [2.45, 2.75) is 0 Å². The summed E-state index contributed by atoms with van der Waals surface area (Å²) in [5.74, 6) is -6.88. The van der Waals surface area contributed by atoms with Gasteiger partial charge in [-0.15, -0.1) is 0 Å². The van der Waals surface area contributed by atoms with Gasteiger partial charge in [-0.1, -0.05) is 0 Å². The molecule has 6 heteroatoms. The highest BCUT2D eigenvalue weighted by atomic mass is 19.2. The summed E-state index contributed by atoms with van der Waals surface area (Å²) in [6, 6.07) is 3.97. The van der Waals surface area contributed by atoms with E-state index in [0.717, 1.165) is 31.4 Å². The molecular formula is C13H8F4O2. The van der Waals surface area contributed by atoms with Gasteiger partial charge in [0.15, 0.2) is 23.1 Å². The fraction of sp³-hybridized carbons (Fsp3) is 0.0769. The predicted octanol–water partition coefficient (Wildman–Crippen LogP) is 3.62. The third kappa shape index (κ3) is 2.09. The molecule has 19 heavy (non-hydrogen) atoms. The Balaban J connectivity index is 2.67. The number of rotatable bonds is 2. The molecular weight excluding hydrogens is 264 g/mol. The van der Waals surface area contributed by atoms with Gasteiger partial charge in [0.1, 0.15) is 0 Å². The SMILES string of the molecule is COc1ccc(-c2ccc(O)c(F)c2F)c(F)c1F. The van der Waals surface area contributed by atoms with E-state index in [9.17, 15) is 17.6 Å². The lowest BCUT2D eigenvalue weighted by molar-refractivity contribution is 0.372. The van der Waals surface area contributed by atoms with E-state index in [1.807, 2.05) is 0 Å². The third-order valence-corrected chi connectivity index (χ3v) is 2.62. The quantitative estimate of drug-likeness (QED) is 0.846. The van der Waals surface area contributed by atoms with Gasteiger partial charge >= 0.3 is 0 Å². The van der Waals surface area contributed by atoms with Gasteiger partial charge in [0.2, 0.25) is 11.6 Å². The lowest BCUT2D eigenvalue weighted by atomic mass is 10.0. The minimum Gasteiger partial charge on any atom is -0.505 e. The zero-order chi connectivity index (χ0) is 14.2. The molecule has 0 aliphatic carbocycles. The van der Waals surface area contributed by atoms with Gasteiger partial charge in [-0.3, -0.25) is 0 Å². The second-order valence-electron chi connectivity index (χ2n) is 3.70. The van der Waals surface area contributed by atoms with Crippen LogP contribution in [0.15, 0.2) is 24.3 Å². The highest BCUT2D eigenvalue weighted by Gasteiger charge is 2.20. The van der Waals surface area contributed by atoms with E-state index >= 15 is 0 Å². The van der Waals surface area contributed by atoms with Crippen molar-refractivity contribution < 1.29 is 27.4 Å². The molecule has 0 atom stereocenters. The Bertz CT molecular complexity index is 641. The molecule has 0 bridgehead atoms. The van der Waals surface area contributed by atoms with Crippen molar-refractivity contribution in [3.63, 3.8) is 0 Å². The number of halogens is 4. The number of hydrogen-bond donors (Lipinski definition) is 1. The van der Waals surface area contributed by atoms with Gasteiger partial charge in [-0.2, -0.15) is 8.78 Å². The summed E-state index contributed by atoms with van der Waals surface area (Å²) >= 11 is 0. The van der Waals surface area contributed by atoms with Crippen molar-refractivity contribution in [2.24, 2.45) is 0 Å². The first-order valence-corrected chi connectivity index (χ1v) is 5.16. The zero-order valence-electron chi connectivity index (χ0n) is 9.68. The van der Waals surface area contributed by atoms with E-state index in [2.05, 4.69) is 4.74 Å². The maximum Gasteiger partial charge on any atom is 0.201 e. The Hall–Kier alpha value is -2.24. The van der Waals surface area contributed by atoms with Gasteiger partial charge in [0.25, 0.3) is 0 Å². The summed E-state index contributed by atoms with van der Waals surface area (Å²) < 4.78 is 58.6. The van der Waals surface area contributed by atoms with E-state index < -0.39 is 40.1 Å². The van der Waals surface area contributed by atoms with Crippen LogP contribution in [0.3, 0.4) is 0 Å². The molecule has 1 N–H and O–H groups in total. The molecule has 0 fully saturated rings. The first-order chi connectivity index (χ1) is 8.97.